The molecule has 4 aliphatic carbocycles. The molecule has 1 aromatic carbocycles. The quantitative estimate of drug-likeness (QED) is 0.627. The van der Waals surface area contributed by atoms with Crippen molar-refractivity contribution < 1.29 is 9.59 Å². The highest BCUT2D eigenvalue weighted by molar-refractivity contribution is 6.22. The van der Waals surface area contributed by atoms with Gasteiger partial charge in [0.15, 0.2) is 0 Å². The molecule has 0 spiro atoms. The number of hydrogen-bond donors (Lipinski definition) is 0. The molecule has 5 aliphatic rings. The van der Waals surface area contributed by atoms with Gasteiger partial charge >= 0.3 is 0 Å². The van der Waals surface area contributed by atoms with Crippen LogP contribution in [-0.2, 0) is 16.0 Å². The maximum Gasteiger partial charge on any atom is 0.238 e. The number of aromatic nitrogens is 1. The molecule has 2 amide bonds. The lowest BCUT2D eigenvalue weighted by atomic mass is 9.63. The van der Waals surface area contributed by atoms with Crippen molar-refractivity contribution in [2.45, 2.75) is 12.8 Å². The lowest BCUT2D eigenvalue weighted by molar-refractivity contribution is -0.124. The van der Waals surface area contributed by atoms with Crippen molar-refractivity contribution in [2.24, 2.45) is 35.5 Å². The summed E-state index contributed by atoms with van der Waals surface area (Å²) in [5, 5.41) is 0. The third-order valence-corrected chi connectivity index (χ3v) is 7.01. The third kappa shape index (κ3) is 2.13. The Kier molecular flexibility index (Phi) is 3.05. The van der Waals surface area contributed by atoms with Crippen molar-refractivity contribution in [3.8, 4) is 0 Å². The number of rotatable bonds is 3. The molecule has 2 heterocycles. The summed E-state index contributed by atoms with van der Waals surface area (Å²) < 4.78 is 0. The summed E-state index contributed by atoms with van der Waals surface area (Å²) in [7, 11) is 0. The van der Waals surface area contributed by atoms with E-state index < -0.39 is 0 Å². The molecule has 3 fully saturated rings. The van der Waals surface area contributed by atoms with Crippen LogP contribution >= 0.6 is 0 Å². The van der Waals surface area contributed by atoms with Crippen molar-refractivity contribution in [2.75, 3.05) is 4.90 Å². The van der Waals surface area contributed by atoms with Crippen LogP contribution in [0.3, 0.4) is 0 Å². The van der Waals surface area contributed by atoms with Crippen LogP contribution in [0.5, 0.6) is 0 Å². The van der Waals surface area contributed by atoms with Gasteiger partial charge in [0.05, 0.1) is 17.5 Å². The minimum Gasteiger partial charge on any atom is -0.274 e. The van der Waals surface area contributed by atoms with E-state index in [1.807, 2.05) is 36.4 Å². The van der Waals surface area contributed by atoms with Gasteiger partial charge in [0, 0.05) is 12.4 Å². The first-order valence-electron chi connectivity index (χ1n) is 9.76. The molecule has 4 heteroatoms. The number of imide groups is 1. The van der Waals surface area contributed by atoms with Crippen LogP contribution in [0.25, 0.3) is 0 Å². The minimum atomic E-state index is -0.132. The second kappa shape index (κ2) is 5.38. The normalized spacial score (nSPS) is 35.3. The van der Waals surface area contributed by atoms with E-state index in [1.165, 1.54) is 16.9 Å². The van der Waals surface area contributed by atoms with E-state index in [1.54, 1.807) is 12.4 Å². The number of benzene rings is 1. The van der Waals surface area contributed by atoms with Crippen molar-refractivity contribution in [1.82, 2.24) is 4.98 Å². The maximum absolute atomic E-state index is 13.1. The minimum absolute atomic E-state index is 0.0107. The maximum atomic E-state index is 13.1. The monoisotopic (exact) mass is 356 g/mol. The molecule has 0 radical (unpaired) electrons. The number of nitrogens with zero attached hydrogens (tertiary/aromatic N) is 2. The molecule has 0 N–H and O–H groups in total. The summed E-state index contributed by atoms with van der Waals surface area (Å²) >= 11 is 0. The van der Waals surface area contributed by atoms with Crippen LogP contribution in [0.1, 0.15) is 17.5 Å². The van der Waals surface area contributed by atoms with E-state index in [-0.39, 0.29) is 35.5 Å². The van der Waals surface area contributed by atoms with Crippen LogP contribution in [0.15, 0.2) is 60.9 Å². The number of anilines is 1. The number of carbonyl (C=O) groups is 2. The molecule has 4 nitrogen and oxygen atoms in total. The van der Waals surface area contributed by atoms with E-state index in [0.29, 0.717) is 17.5 Å². The molecule has 6 atom stereocenters. The fraction of sp³-hybridized carbons (Fsp3) is 0.348. The van der Waals surface area contributed by atoms with Gasteiger partial charge in [-0.15, -0.1) is 0 Å². The average molecular weight is 356 g/mol. The zero-order valence-corrected chi connectivity index (χ0v) is 14.9. The summed E-state index contributed by atoms with van der Waals surface area (Å²) in [4.78, 5) is 31.8. The summed E-state index contributed by atoms with van der Waals surface area (Å²) in [6.45, 7) is 0. The van der Waals surface area contributed by atoms with E-state index >= 15 is 0 Å². The molecule has 1 saturated heterocycles. The van der Waals surface area contributed by atoms with Crippen LogP contribution in [0.2, 0.25) is 0 Å². The SMILES string of the molecule is O=C1C2C3C=CC(C4CC34)C2C(=O)N1c1ccc(Cc2ccncc2)cc1. The highest BCUT2D eigenvalue weighted by Gasteiger charge is 2.67. The van der Waals surface area contributed by atoms with E-state index in [4.69, 9.17) is 0 Å². The van der Waals surface area contributed by atoms with Crippen LogP contribution in [0.4, 0.5) is 5.69 Å². The first-order valence-corrected chi connectivity index (χ1v) is 9.76. The van der Waals surface area contributed by atoms with E-state index in [9.17, 15) is 9.59 Å². The fourth-order valence-corrected chi connectivity index (χ4v) is 5.71. The topological polar surface area (TPSA) is 50.3 Å². The van der Waals surface area contributed by atoms with Crippen LogP contribution in [0, 0.1) is 35.5 Å². The predicted molar refractivity (Wildman–Crippen MR) is 101 cm³/mol. The Labute approximate surface area is 157 Å². The number of allylic oxidation sites excluding steroid dienone is 2. The number of amides is 2. The molecule has 1 aliphatic heterocycles. The Bertz CT molecular complexity index is 930. The van der Waals surface area contributed by atoms with Crippen LogP contribution in [-0.4, -0.2) is 16.8 Å². The zero-order valence-electron chi connectivity index (χ0n) is 14.9. The second-order valence-corrected chi connectivity index (χ2v) is 8.37. The van der Waals surface area contributed by atoms with Crippen molar-refractivity contribution in [3.05, 3.63) is 72.1 Å². The number of carbonyl (C=O) groups excluding carboxylic acids is 2. The van der Waals surface area contributed by atoms with Gasteiger partial charge in [-0.2, -0.15) is 0 Å². The van der Waals surface area contributed by atoms with Gasteiger partial charge in [0.2, 0.25) is 11.8 Å². The highest BCUT2D eigenvalue weighted by Crippen LogP contribution is 2.65. The van der Waals surface area contributed by atoms with Gasteiger partial charge in [-0.3, -0.25) is 19.5 Å². The first kappa shape index (κ1) is 15.3. The zero-order chi connectivity index (χ0) is 18.1. The third-order valence-electron chi connectivity index (χ3n) is 7.01. The largest absolute Gasteiger partial charge is 0.274 e. The smallest absolute Gasteiger partial charge is 0.238 e. The van der Waals surface area contributed by atoms with Crippen molar-refractivity contribution in [3.63, 3.8) is 0 Å². The number of hydrogen-bond acceptors (Lipinski definition) is 3. The highest BCUT2D eigenvalue weighted by atomic mass is 16.2. The molecule has 134 valence electrons. The van der Waals surface area contributed by atoms with Crippen molar-refractivity contribution in [1.29, 1.82) is 0 Å². The lowest BCUT2D eigenvalue weighted by Crippen LogP contribution is -2.40. The molecule has 6 unspecified atom stereocenters. The van der Waals surface area contributed by atoms with Gasteiger partial charge in [0.1, 0.15) is 0 Å². The standard InChI is InChI=1S/C23H20N2O2/c26-22-20-16-5-6-17(19-12-18(16)19)21(20)23(27)25(22)15-3-1-13(2-4-15)11-14-7-9-24-10-8-14/h1-10,16-21H,11-12H2. The lowest BCUT2D eigenvalue weighted by Gasteiger charge is -2.37. The Morgan fingerprint density at radius 1 is 0.815 bits per heavy atom. The molecule has 2 aromatic rings. The fourth-order valence-electron chi connectivity index (χ4n) is 5.71. The Balaban J connectivity index is 1.28. The first-order chi connectivity index (χ1) is 13.2. The summed E-state index contributed by atoms with van der Waals surface area (Å²) in [6, 6.07) is 11.9. The summed E-state index contributed by atoms with van der Waals surface area (Å²) in [5.41, 5.74) is 3.06. The van der Waals surface area contributed by atoms with Gasteiger partial charge in [-0.25, -0.2) is 0 Å². The molecular weight excluding hydrogens is 336 g/mol. The van der Waals surface area contributed by atoms with Gasteiger partial charge in [-0.1, -0.05) is 24.3 Å². The van der Waals surface area contributed by atoms with Crippen LogP contribution < -0.4 is 4.90 Å². The van der Waals surface area contributed by atoms with E-state index in [0.717, 1.165) is 12.0 Å². The Hall–Kier alpha value is -2.75. The molecule has 7 rings (SSSR count). The predicted octanol–water partition coefficient (Wildman–Crippen LogP) is 3.23. The van der Waals surface area contributed by atoms with Gasteiger partial charge in [0.25, 0.3) is 0 Å². The van der Waals surface area contributed by atoms with Gasteiger partial charge < -0.3 is 0 Å². The summed E-state index contributed by atoms with van der Waals surface area (Å²) in [6.07, 6.45) is 10.0. The van der Waals surface area contributed by atoms with E-state index in [2.05, 4.69) is 17.1 Å². The van der Waals surface area contributed by atoms with Crippen molar-refractivity contribution >= 4 is 17.5 Å². The number of pyridine rings is 1. The molecule has 27 heavy (non-hydrogen) atoms. The Morgan fingerprint density at radius 3 is 1.96 bits per heavy atom. The molecule has 2 bridgehead atoms. The second-order valence-electron chi connectivity index (χ2n) is 8.37. The average Bonchev–Trinajstić information content (AvgIpc) is 3.48. The molecule has 2 saturated carbocycles. The Morgan fingerprint density at radius 2 is 1.37 bits per heavy atom. The summed E-state index contributed by atoms with van der Waals surface area (Å²) in [5.74, 6) is 1.59. The molecular formula is C23H20N2O2. The molecule has 1 aromatic heterocycles. The van der Waals surface area contributed by atoms with Gasteiger partial charge in [-0.05, 0) is 71.9 Å².